The first kappa shape index (κ1) is 16.2. The molecule has 0 amide bonds. The summed E-state index contributed by atoms with van der Waals surface area (Å²) < 4.78 is 9.05. The fourth-order valence-electron chi connectivity index (χ4n) is 1.44. The van der Waals surface area contributed by atoms with E-state index in [-0.39, 0.29) is 16.7 Å². The van der Waals surface area contributed by atoms with Crippen molar-refractivity contribution in [3.63, 3.8) is 0 Å². The number of carbonyl (C=O) groups excluding carboxylic acids is 2. The van der Waals surface area contributed by atoms with Crippen LogP contribution < -0.4 is 5.56 Å². The van der Waals surface area contributed by atoms with Crippen molar-refractivity contribution in [3.8, 4) is 0 Å². The highest BCUT2D eigenvalue weighted by Gasteiger charge is 2.16. The fourth-order valence-corrected chi connectivity index (χ4v) is 1.44. The molecule has 1 aromatic heterocycles. The number of esters is 2. The summed E-state index contributed by atoms with van der Waals surface area (Å²) in [6.07, 6.45) is 1.60. The highest BCUT2D eigenvalue weighted by Crippen LogP contribution is 2.10. The third kappa shape index (κ3) is 4.94. The molecule has 0 aliphatic heterocycles. The lowest BCUT2D eigenvalue weighted by Gasteiger charge is -2.04. The predicted octanol–water partition coefficient (Wildman–Crippen LogP) is 1.63. The molecule has 0 aliphatic rings. The lowest BCUT2D eigenvalue weighted by molar-refractivity contribution is 0.0555. The van der Waals surface area contributed by atoms with Gasteiger partial charge in [-0.25, -0.2) is 9.59 Å². The largest absolute Gasteiger partial charge is 0.465 e. The average molecular weight is 289 g/mol. The molecule has 0 fully saturated rings. The number of carbonyl (C=O) groups is 2. The lowest BCUT2D eigenvalue weighted by atomic mass is 10.1. The van der Waals surface area contributed by atoms with Crippen molar-refractivity contribution in [2.75, 3.05) is 14.2 Å². The molecular weight excluding hydrogens is 274 g/mol. The first-order valence-electron chi connectivity index (χ1n) is 5.99. The Morgan fingerprint density at radius 3 is 1.62 bits per heavy atom. The molecule has 1 N–H and O–H groups in total. The van der Waals surface area contributed by atoms with E-state index in [2.05, 4.69) is 14.5 Å². The number of benzene rings is 1. The molecule has 1 aromatic carbocycles. The molecule has 6 nitrogen and oxygen atoms in total. The molecule has 0 atom stereocenters. The minimum atomic E-state index is -0.550. The molecule has 1 heterocycles. The van der Waals surface area contributed by atoms with Crippen LogP contribution in [0, 0.1) is 0 Å². The van der Waals surface area contributed by atoms with Gasteiger partial charge in [-0.05, 0) is 18.2 Å². The molecule has 2 aromatic rings. The zero-order chi connectivity index (χ0) is 15.7. The number of H-pyrrole nitrogens is 1. The van der Waals surface area contributed by atoms with Gasteiger partial charge in [0.2, 0.25) is 5.56 Å². The van der Waals surface area contributed by atoms with Gasteiger partial charge in [0.15, 0.2) is 0 Å². The molecular formula is C15H15NO5. The van der Waals surface area contributed by atoms with E-state index in [9.17, 15) is 14.4 Å². The Morgan fingerprint density at radius 2 is 1.33 bits per heavy atom. The van der Waals surface area contributed by atoms with Crippen LogP contribution in [0.5, 0.6) is 0 Å². The zero-order valence-electron chi connectivity index (χ0n) is 11.7. The summed E-state index contributed by atoms with van der Waals surface area (Å²) in [6, 6.07) is 11.3. The molecule has 0 radical (unpaired) electrons. The summed E-state index contributed by atoms with van der Waals surface area (Å²) in [7, 11) is 2.52. The zero-order valence-corrected chi connectivity index (χ0v) is 11.7. The van der Waals surface area contributed by atoms with E-state index in [1.165, 1.54) is 32.4 Å². The van der Waals surface area contributed by atoms with Crippen molar-refractivity contribution in [2.45, 2.75) is 0 Å². The van der Waals surface area contributed by atoms with Gasteiger partial charge in [-0.1, -0.05) is 18.2 Å². The molecule has 0 bridgehead atoms. The Hall–Kier alpha value is -2.89. The third-order valence-corrected chi connectivity index (χ3v) is 2.42. The Kier molecular flexibility index (Phi) is 6.40. The van der Waals surface area contributed by atoms with Crippen molar-refractivity contribution in [2.24, 2.45) is 0 Å². The number of hydrogen-bond donors (Lipinski definition) is 1. The van der Waals surface area contributed by atoms with Crippen LogP contribution in [0.2, 0.25) is 0 Å². The minimum Gasteiger partial charge on any atom is -0.465 e. The van der Waals surface area contributed by atoms with Gasteiger partial charge in [0.25, 0.3) is 0 Å². The lowest BCUT2D eigenvalue weighted by Crippen LogP contribution is -2.11. The minimum absolute atomic E-state index is 0.0532. The quantitative estimate of drug-likeness (QED) is 0.849. The van der Waals surface area contributed by atoms with Gasteiger partial charge in [-0.2, -0.15) is 0 Å². The number of hydrogen-bond acceptors (Lipinski definition) is 5. The number of methoxy groups -OCH3 is 2. The Morgan fingerprint density at radius 1 is 0.857 bits per heavy atom. The summed E-state index contributed by atoms with van der Waals surface area (Å²) in [4.78, 5) is 35.1. The first-order chi connectivity index (χ1) is 10.1. The first-order valence-corrected chi connectivity index (χ1v) is 5.99. The normalized spacial score (nSPS) is 9.05. The number of nitrogens with one attached hydrogen (secondary N) is 1. The van der Waals surface area contributed by atoms with Gasteiger partial charge in [0.05, 0.1) is 25.3 Å². The molecule has 6 heteroatoms. The smallest absolute Gasteiger partial charge is 0.338 e. The van der Waals surface area contributed by atoms with E-state index in [1.54, 1.807) is 30.5 Å². The van der Waals surface area contributed by atoms with E-state index in [1.807, 2.05) is 0 Å². The van der Waals surface area contributed by atoms with Crippen LogP contribution in [0.15, 0.2) is 53.5 Å². The van der Waals surface area contributed by atoms with Crippen LogP contribution in [-0.2, 0) is 9.47 Å². The van der Waals surface area contributed by atoms with Crippen molar-refractivity contribution in [1.29, 1.82) is 0 Å². The van der Waals surface area contributed by atoms with Gasteiger partial charge in [0, 0.05) is 12.3 Å². The number of ether oxygens (including phenoxy) is 2. The average Bonchev–Trinajstić information content (AvgIpc) is 2.54. The summed E-state index contributed by atoms with van der Waals surface area (Å²) in [5.74, 6) is -1.10. The molecule has 0 aliphatic carbocycles. The molecule has 0 unspecified atom stereocenters. The van der Waals surface area contributed by atoms with E-state index in [4.69, 9.17) is 0 Å². The van der Waals surface area contributed by atoms with E-state index in [0.717, 1.165) is 0 Å². The highest BCUT2D eigenvalue weighted by atomic mass is 16.5. The molecule has 110 valence electrons. The van der Waals surface area contributed by atoms with Gasteiger partial charge in [-0.15, -0.1) is 0 Å². The van der Waals surface area contributed by atoms with Crippen molar-refractivity contribution in [1.82, 2.24) is 4.98 Å². The SMILES string of the molecule is COC(=O)c1ccccc1C(=O)OC.O=c1cccc[nH]1. The number of pyridine rings is 1. The third-order valence-electron chi connectivity index (χ3n) is 2.42. The Labute approximate surface area is 121 Å². The molecule has 0 saturated carbocycles. The summed E-state index contributed by atoms with van der Waals surface area (Å²) in [5, 5.41) is 0. The van der Waals surface area contributed by atoms with Gasteiger partial charge >= 0.3 is 11.9 Å². The Balaban J connectivity index is 0.000000262. The monoisotopic (exact) mass is 289 g/mol. The number of aromatic nitrogens is 1. The van der Waals surface area contributed by atoms with E-state index < -0.39 is 11.9 Å². The van der Waals surface area contributed by atoms with E-state index >= 15 is 0 Å². The van der Waals surface area contributed by atoms with Gasteiger partial charge < -0.3 is 14.5 Å². The summed E-state index contributed by atoms with van der Waals surface area (Å²) in [5.41, 5.74) is 0.367. The standard InChI is InChI=1S/C10H10O4.C5H5NO/c1-13-9(11)7-5-3-4-6-8(7)10(12)14-2;7-5-3-1-2-4-6-5/h3-6H,1-2H3;1-4H,(H,6,7). The van der Waals surface area contributed by atoms with Crippen LogP contribution in [0.25, 0.3) is 0 Å². The van der Waals surface area contributed by atoms with Gasteiger partial charge in [-0.3, -0.25) is 4.79 Å². The van der Waals surface area contributed by atoms with Crippen LogP contribution in [0.3, 0.4) is 0 Å². The van der Waals surface area contributed by atoms with Crippen LogP contribution >= 0.6 is 0 Å². The second-order valence-corrected chi connectivity index (χ2v) is 3.76. The van der Waals surface area contributed by atoms with Crippen LogP contribution in [0.1, 0.15) is 20.7 Å². The summed E-state index contributed by atoms with van der Waals surface area (Å²) >= 11 is 0. The second-order valence-electron chi connectivity index (χ2n) is 3.76. The molecule has 0 spiro atoms. The van der Waals surface area contributed by atoms with Crippen molar-refractivity contribution >= 4 is 11.9 Å². The number of rotatable bonds is 2. The Bertz CT molecular complexity index is 610. The molecule has 0 saturated heterocycles. The second kappa shape index (κ2) is 8.31. The number of aromatic amines is 1. The fraction of sp³-hybridized carbons (Fsp3) is 0.133. The van der Waals surface area contributed by atoms with Crippen molar-refractivity contribution < 1.29 is 19.1 Å². The molecule has 2 rings (SSSR count). The van der Waals surface area contributed by atoms with Crippen LogP contribution in [0.4, 0.5) is 0 Å². The maximum absolute atomic E-state index is 11.2. The van der Waals surface area contributed by atoms with E-state index in [0.29, 0.717) is 0 Å². The predicted molar refractivity (Wildman–Crippen MR) is 76.2 cm³/mol. The summed E-state index contributed by atoms with van der Waals surface area (Å²) in [6.45, 7) is 0. The van der Waals surface area contributed by atoms with Gasteiger partial charge in [0.1, 0.15) is 0 Å². The maximum atomic E-state index is 11.2. The van der Waals surface area contributed by atoms with Crippen molar-refractivity contribution in [3.05, 3.63) is 70.1 Å². The maximum Gasteiger partial charge on any atom is 0.338 e. The van der Waals surface area contributed by atoms with Crippen LogP contribution in [-0.4, -0.2) is 31.1 Å². The highest BCUT2D eigenvalue weighted by molar-refractivity contribution is 6.02. The molecule has 21 heavy (non-hydrogen) atoms. The topological polar surface area (TPSA) is 85.5 Å².